The summed E-state index contributed by atoms with van der Waals surface area (Å²) in [6.07, 6.45) is 6.10. The fourth-order valence-corrected chi connectivity index (χ4v) is 6.75. The van der Waals surface area contributed by atoms with E-state index in [2.05, 4.69) is 81.2 Å². The van der Waals surface area contributed by atoms with Crippen molar-refractivity contribution < 1.29 is 9.13 Å². The second-order valence-corrected chi connectivity index (χ2v) is 13.9. The molecule has 7 aromatic rings. The van der Waals surface area contributed by atoms with Crippen molar-refractivity contribution in [2.45, 2.75) is 60.3 Å². The van der Waals surface area contributed by atoms with Crippen molar-refractivity contribution in [3.8, 4) is 34.1 Å². The summed E-state index contributed by atoms with van der Waals surface area (Å²) < 4.78 is 25.0. The van der Waals surface area contributed by atoms with Gasteiger partial charge in [0.15, 0.2) is 0 Å². The molecule has 0 aliphatic heterocycles. The fraction of sp³-hybridized carbons (Fsp3) is 0.238. The number of unbranched alkanes of at least 4 members (excludes halogenated alkanes) is 1. The first-order valence-corrected chi connectivity index (χ1v) is 16.7. The lowest BCUT2D eigenvalue weighted by atomic mass is 9.89. The lowest BCUT2D eigenvalue weighted by molar-refractivity contribution is 0.360. The number of rotatable bonds is 9. The average Bonchev–Trinajstić information content (AvgIpc) is 3.55. The highest BCUT2D eigenvalue weighted by Crippen LogP contribution is 2.37. The van der Waals surface area contributed by atoms with E-state index < -0.39 is 0 Å². The maximum absolute atomic E-state index is 14.5. The molecule has 6 heteroatoms. The van der Waals surface area contributed by atoms with Crippen molar-refractivity contribution in [2.24, 2.45) is 5.41 Å². The Morgan fingerprint density at radius 1 is 0.750 bits per heavy atom. The molecule has 0 aliphatic carbocycles. The molecule has 242 valence electrons. The molecule has 0 atom stereocenters. The van der Waals surface area contributed by atoms with Gasteiger partial charge in [0, 0.05) is 46.4 Å². The quantitative estimate of drug-likeness (QED) is 0.148. The van der Waals surface area contributed by atoms with Crippen molar-refractivity contribution in [1.82, 2.24) is 19.3 Å². The predicted molar refractivity (Wildman–Crippen MR) is 194 cm³/mol. The van der Waals surface area contributed by atoms with E-state index in [1.807, 2.05) is 58.6 Å². The molecule has 3 heterocycles. The van der Waals surface area contributed by atoms with Crippen LogP contribution in [0.5, 0.6) is 11.5 Å². The van der Waals surface area contributed by atoms with Gasteiger partial charge in [-0.3, -0.25) is 4.57 Å². The van der Waals surface area contributed by atoms with Crippen LogP contribution in [-0.2, 0) is 6.42 Å². The molecular weight excluding hydrogens is 595 g/mol. The molecule has 0 amide bonds. The van der Waals surface area contributed by atoms with E-state index in [9.17, 15) is 4.39 Å². The van der Waals surface area contributed by atoms with Crippen LogP contribution in [-0.4, -0.2) is 19.3 Å². The number of hydrogen-bond donors (Lipinski definition) is 0. The highest BCUT2D eigenvalue weighted by molar-refractivity contribution is 6.09. The van der Waals surface area contributed by atoms with Crippen molar-refractivity contribution in [3.05, 3.63) is 132 Å². The van der Waals surface area contributed by atoms with Gasteiger partial charge in [0.05, 0.1) is 22.4 Å². The van der Waals surface area contributed by atoms with Crippen LogP contribution in [0.25, 0.3) is 44.4 Å². The van der Waals surface area contributed by atoms with E-state index in [1.165, 1.54) is 36.7 Å². The standard InChI is InChI=1S/C42H41FN4O/c1-28-41(31-13-7-6-8-14-31)29(2)47(45-28)33-15-11-16-34(26-33)48-35-18-19-36-37-24-30(12-9-10-22-42(3,4)5)17-20-38(37)46(39(36)27-35)40-25-32(43)21-23-44-40/h6-8,11,13-21,23-27H,9-10,12,22H2,1-5H3. The summed E-state index contributed by atoms with van der Waals surface area (Å²) in [5, 5.41) is 7.08. The van der Waals surface area contributed by atoms with Gasteiger partial charge in [-0.05, 0) is 92.1 Å². The molecule has 3 aromatic heterocycles. The second kappa shape index (κ2) is 12.8. The first kappa shape index (κ1) is 31.4. The summed E-state index contributed by atoms with van der Waals surface area (Å²) in [4.78, 5) is 4.56. The van der Waals surface area contributed by atoms with Gasteiger partial charge >= 0.3 is 0 Å². The van der Waals surface area contributed by atoms with Gasteiger partial charge in [-0.1, -0.05) is 69.7 Å². The van der Waals surface area contributed by atoms with Gasteiger partial charge in [0.1, 0.15) is 23.1 Å². The Hall–Kier alpha value is -5.23. The average molecular weight is 637 g/mol. The lowest BCUT2D eigenvalue weighted by Crippen LogP contribution is -2.04. The Balaban J connectivity index is 1.24. The summed E-state index contributed by atoms with van der Waals surface area (Å²) >= 11 is 0. The zero-order chi connectivity index (χ0) is 33.4. The molecule has 7 rings (SSSR count). The van der Waals surface area contributed by atoms with Crippen LogP contribution in [0, 0.1) is 25.1 Å². The molecule has 0 aliphatic rings. The Morgan fingerprint density at radius 3 is 2.35 bits per heavy atom. The van der Waals surface area contributed by atoms with Crippen molar-refractivity contribution >= 4 is 21.8 Å². The minimum Gasteiger partial charge on any atom is -0.457 e. The van der Waals surface area contributed by atoms with Gasteiger partial charge < -0.3 is 4.74 Å². The number of fused-ring (bicyclic) bond motifs is 3. The molecule has 48 heavy (non-hydrogen) atoms. The molecule has 0 unspecified atom stereocenters. The van der Waals surface area contributed by atoms with Gasteiger partial charge in [0.25, 0.3) is 0 Å². The first-order valence-electron chi connectivity index (χ1n) is 16.7. The highest BCUT2D eigenvalue weighted by Gasteiger charge is 2.18. The summed E-state index contributed by atoms with van der Waals surface area (Å²) in [6, 6.07) is 33.9. The lowest BCUT2D eigenvalue weighted by Gasteiger charge is -2.17. The maximum atomic E-state index is 14.5. The summed E-state index contributed by atoms with van der Waals surface area (Å²) in [6.45, 7) is 11.0. The third-order valence-corrected chi connectivity index (χ3v) is 9.03. The first-order chi connectivity index (χ1) is 23.1. The van der Waals surface area contributed by atoms with Crippen molar-refractivity contribution in [2.75, 3.05) is 0 Å². The van der Waals surface area contributed by atoms with Gasteiger partial charge in [-0.15, -0.1) is 0 Å². The van der Waals surface area contributed by atoms with E-state index in [4.69, 9.17) is 9.84 Å². The van der Waals surface area contributed by atoms with Crippen molar-refractivity contribution in [3.63, 3.8) is 0 Å². The third-order valence-electron chi connectivity index (χ3n) is 9.03. The van der Waals surface area contributed by atoms with E-state index >= 15 is 0 Å². The molecule has 0 spiro atoms. The molecule has 0 N–H and O–H groups in total. The highest BCUT2D eigenvalue weighted by atomic mass is 19.1. The van der Waals surface area contributed by atoms with Crippen LogP contribution in [0.3, 0.4) is 0 Å². The van der Waals surface area contributed by atoms with Crippen LogP contribution in [0.1, 0.15) is 57.0 Å². The Kier molecular flexibility index (Phi) is 8.34. The van der Waals surface area contributed by atoms with Crippen LogP contribution in [0.15, 0.2) is 109 Å². The van der Waals surface area contributed by atoms with Crippen LogP contribution < -0.4 is 4.74 Å². The molecule has 0 fully saturated rings. The monoisotopic (exact) mass is 636 g/mol. The van der Waals surface area contributed by atoms with E-state index in [1.54, 1.807) is 0 Å². The number of hydrogen-bond acceptors (Lipinski definition) is 3. The minimum atomic E-state index is -0.325. The number of ether oxygens (including phenoxy) is 1. The Labute approximate surface area is 281 Å². The van der Waals surface area contributed by atoms with Gasteiger partial charge in [-0.2, -0.15) is 5.10 Å². The smallest absolute Gasteiger partial charge is 0.140 e. The zero-order valence-electron chi connectivity index (χ0n) is 28.3. The van der Waals surface area contributed by atoms with Gasteiger partial charge in [0.2, 0.25) is 0 Å². The molecular formula is C42H41FN4O. The van der Waals surface area contributed by atoms with E-state index in [-0.39, 0.29) is 5.82 Å². The maximum Gasteiger partial charge on any atom is 0.140 e. The molecule has 0 bridgehead atoms. The van der Waals surface area contributed by atoms with Crippen LogP contribution in [0.4, 0.5) is 4.39 Å². The van der Waals surface area contributed by atoms with Crippen LogP contribution in [0.2, 0.25) is 0 Å². The predicted octanol–water partition coefficient (Wildman–Crippen LogP) is 11.3. The largest absolute Gasteiger partial charge is 0.457 e. The molecule has 0 saturated heterocycles. The molecule has 0 saturated carbocycles. The Bertz CT molecular complexity index is 2240. The molecule has 0 radical (unpaired) electrons. The SMILES string of the molecule is Cc1nn(-c2cccc(Oc3ccc4c5cc(CCCCC(C)(C)C)ccc5n(-c5cc(F)ccn5)c4c3)c2)c(C)c1-c1ccccc1. The molecule has 4 aromatic carbocycles. The number of pyridine rings is 1. The Morgan fingerprint density at radius 2 is 1.56 bits per heavy atom. The summed E-state index contributed by atoms with van der Waals surface area (Å²) in [5.74, 6) is 1.59. The van der Waals surface area contributed by atoms with Gasteiger partial charge in [-0.25, -0.2) is 14.1 Å². The summed E-state index contributed by atoms with van der Waals surface area (Å²) in [5.41, 5.74) is 8.80. The number of halogens is 1. The number of aryl methyl sites for hydroxylation is 2. The van der Waals surface area contributed by atoms with Crippen LogP contribution >= 0.6 is 0 Å². The van der Waals surface area contributed by atoms with Crippen molar-refractivity contribution in [1.29, 1.82) is 0 Å². The zero-order valence-corrected chi connectivity index (χ0v) is 28.3. The van der Waals surface area contributed by atoms with E-state index in [0.717, 1.165) is 62.8 Å². The van der Waals surface area contributed by atoms with E-state index in [0.29, 0.717) is 22.7 Å². The minimum absolute atomic E-state index is 0.325. The summed E-state index contributed by atoms with van der Waals surface area (Å²) in [7, 11) is 0. The third kappa shape index (κ3) is 6.35. The topological polar surface area (TPSA) is 44.9 Å². The number of benzene rings is 4. The fourth-order valence-electron chi connectivity index (χ4n) is 6.75. The normalized spacial score (nSPS) is 11.9. The molecule has 5 nitrogen and oxygen atoms in total. The number of nitrogens with zero attached hydrogens (tertiary/aromatic N) is 4. The second-order valence-electron chi connectivity index (χ2n) is 13.9. The number of aromatic nitrogens is 4.